The molecule has 3 aromatic rings. The number of aliphatic imine (C=N–C) groups is 2. The molecular formula is C26H24FN3O2S. The fraction of sp³-hybridized carbons (Fsp3) is 0.192. The third-order valence-electron chi connectivity index (χ3n) is 5.34. The molecule has 1 aliphatic heterocycles. The summed E-state index contributed by atoms with van der Waals surface area (Å²) in [5.74, 6) is 0.342. The maximum absolute atomic E-state index is 13.5. The first-order chi connectivity index (χ1) is 15.9. The zero-order valence-electron chi connectivity index (χ0n) is 18.7. The fourth-order valence-electron chi connectivity index (χ4n) is 3.44. The maximum Gasteiger partial charge on any atom is 0.234 e. The van der Waals surface area contributed by atoms with Crippen molar-refractivity contribution < 1.29 is 13.9 Å². The highest BCUT2D eigenvalue weighted by atomic mass is 32.2. The smallest absolute Gasteiger partial charge is 0.234 e. The van der Waals surface area contributed by atoms with Gasteiger partial charge in [0, 0.05) is 6.42 Å². The number of methoxy groups -OCH3 is 1. The topological polar surface area (TPSA) is 63.0 Å². The Morgan fingerprint density at radius 1 is 1.03 bits per heavy atom. The molecule has 168 valence electrons. The van der Waals surface area contributed by atoms with Crippen LogP contribution < -0.4 is 10.1 Å². The van der Waals surface area contributed by atoms with Crippen molar-refractivity contribution in [2.75, 3.05) is 18.2 Å². The first kappa shape index (κ1) is 22.7. The third kappa shape index (κ3) is 5.49. The van der Waals surface area contributed by atoms with Gasteiger partial charge in [0.15, 0.2) is 0 Å². The SMILES string of the molecule is COc1ccccc1NC(=O)CSC1=Nc2cc(C)c(C)cc2N=C(c2ccc(F)cc2)C1. The van der Waals surface area contributed by atoms with Gasteiger partial charge in [-0.2, -0.15) is 0 Å². The maximum atomic E-state index is 13.5. The van der Waals surface area contributed by atoms with Crippen LogP contribution in [-0.2, 0) is 4.79 Å². The summed E-state index contributed by atoms with van der Waals surface area (Å²) < 4.78 is 18.8. The second kappa shape index (κ2) is 10.0. The van der Waals surface area contributed by atoms with Gasteiger partial charge in [0.25, 0.3) is 0 Å². The Balaban J connectivity index is 1.58. The number of carbonyl (C=O) groups is 1. The summed E-state index contributed by atoms with van der Waals surface area (Å²) in [6.45, 7) is 4.07. The molecule has 1 heterocycles. The van der Waals surface area contributed by atoms with Crippen LogP contribution in [0.15, 0.2) is 70.6 Å². The average molecular weight is 462 g/mol. The van der Waals surface area contributed by atoms with E-state index in [0.29, 0.717) is 17.9 Å². The van der Waals surface area contributed by atoms with Gasteiger partial charge in [0.2, 0.25) is 5.91 Å². The Morgan fingerprint density at radius 3 is 2.39 bits per heavy atom. The lowest BCUT2D eigenvalue weighted by Gasteiger charge is -2.10. The van der Waals surface area contributed by atoms with Gasteiger partial charge in [-0.1, -0.05) is 24.3 Å². The van der Waals surface area contributed by atoms with Crippen LogP contribution in [0.2, 0.25) is 0 Å². The molecular weight excluding hydrogens is 437 g/mol. The van der Waals surface area contributed by atoms with Gasteiger partial charge in [-0.05, 0) is 66.9 Å². The first-order valence-electron chi connectivity index (χ1n) is 10.5. The first-order valence-corrected chi connectivity index (χ1v) is 11.5. The predicted octanol–water partition coefficient (Wildman–Crippen LogP) is 6.38. The van der Waals surface area contributed by atoms with E-state index in [1.807, 2.05) is 38.1 Å². The fourth-order valence-corrected chi connectivity index (χ4v) is 4.21. The standard InChI is InChI=1S/C26H24FN3O2S/c1-16-12-22-23(13-17(16)2)30-26(14-21(28-22)18-8-10-19(27)11-9-18)33-15-25(31)29-20-6-4-5-7-24(20)32-3/h4-13H,14-15H2,1-3H3,(H,29,31). The van der Waals surface area contributed by atoms with E-state index in [9.17, 15) is 9.18 Å². The Labute approximate surface area is 196 Å². The van der Waals surface area contributed by atoms with Crippen molar-refractivity contribution >= 4 is 45.5 Å². The van der Waals surface area contributed by atoms with Gasteiger partial charge < -0.3 is 10.1 Å². The molecule has 0 saturated carbocycles. The summed E-state index contributed by atoms with van der Waals surface area (Å²) in [7, 11) is 1.57. The zero-order valence-corrected chi connectivity index (χ0v) is 19.5. The quantitative estimate of drug-likeness (QED) is 0.480. The lowest BCUT2D eigenvalue weighted by Crippen LogP contribution is -2.16. The average Bonchev–Trinajstić information content (AvgIpc) is 2.98. The van der Waals surface area contributed by atoms with Crippen molar-refractivity contribution in [2.24, 2.45) is 9.98 Å². The number of thioether (sulfide) groups is 1. The predicted molar refractivity (Wildman–Crippen MR) is 134 cm³/mol. The van der Waals surface area contributed by atoms with Crippen LogP contribution in [0, 0.1) is 19.7 Å². The molecule has 1 N–H and O–H groups in total. The van der Waals surface area contributed by atoms with Gasteiger partial charge in [-0.25, -0.2) is 9.38 Å². The minimum absolute atomic E-state index is 0.156. The Hall–Kier alpha value is -3.45. The highest BCUT2D eigenvalue weighted by molar-refractivity contribution is 8.14. The van der Waals surface area contributed by atoms with Crippen molar-refractivity contribution in [3.8, 4) is 5.75 Å². The lowest BCUT2D eigenvalue weighted by molar-refractivity contribution is -0.113. The number of aryl methyl sites for hydroxylation is 2. The summed E-state index contributed by atoms with van der Waals surface area (Å²) in [5, 5.41) is 3.66. The molecule has 3 aromatic carbocycles. The summed E-state index contributed by atoms with van der Waals surface area (Å²) in [6, 6.07) is 17.6. The van der Waals surface area contributed by atoms with Crippen LogP contribution in [0.25, 0.3) is 0 Å². The number of rotatable bonds is 5. The van der Waals surface area contributed by atoms with E-state index in [-0.39, 0.29) is 17.5 Å². The van der Waals surface area contributed by atoms with E-state index in [4.69, 9.17) is 14.7 Å². The van der Waals surface area contributed by atoms with Crippen LogP contribution in [0.3, 0.4) is 0 Å². The molecule has 0 saturated heterocycles. The Kier molecular flexibility index (Phi) is 6.89. The van der Waals surface area contributed by atoms with Crippen molar-refractivity contribution in [3.63, 3.8) is 0 Å². The van der Waals surface area contributed by atoms with E-state index in [1.54, 1.807) is 31.4 Å². The van der Waals surface area contributed by atoms with Crippen molar-refractivity contribution in [1.82, 2.24) is 0 Å². The van der Waals surface area contributed by atoms with Crippen molar-refractivity contribution in [3.05, 3.63) is 83.2 Å². The van der Waals surface area contributed by atoms with Crippen LogP contribution in [-0.4, -0.2) is 29.5 Å². The second-order valence-electron chi connectivity index (χ2n) is 7.71. The lowest BCUT2D eigenvalue weighted by atomic mass is 10.1. The number of ether oxygens (including phenoxy) is 1. The molecule has 0 unspecified atom stereocenters. The number of benzene rings is 3. The number of hydrogen-bond acceptors (Lipinski definition) is 5. The molecule has 0 atom stereocenters. The minimum Gasteiger partial charge on any atom is -0.495 e. The second-order valence-corrected chi connectivity index (χ2v) is 8.76. The number of carbonyl (C=O) groups excluding carboxylic acids is 1. The largest absolute Gasteiger partial charge is 0.495 e. The molecule has 5 nitrogen and oxygen atoms in total. The molecule has 0 fully saturated rings. The van der Waals surface area contributed by atoms with Gasteiger partial charge in [-0.15, -0.1) is 11.8 Å². The number of hydrogen-bond donors (Lipinski definition) is 1. The van der Waals surface area contributed by atoms with Gasteiger partial charge in [0.1, 0.15) is 11.6 Å². The van der Waals surface area contributed by atoms with Crippen molar-refractivity contribution in [1.29, 1.82) is 0 Å². The molecule has 33 heavy (non-hydrogen) atoms. The van der Waals surface area contributed by atoms with E-state index in [1.165, 1.54) is 23.9 Å². The molecule has 1 amide bonds. The van der Waals surface area contributed by atoms with Gasteiger partial charge >= 0.3 is 0 Å². The van der Waals surface area contributed by atoms with Crippen LogP contribution >= 0.6 is 11.8 Å². The van der Waals surface area contributed by atoms with Crippen LogP contribution in [0.5, 0.6) is 5.75 Å². The Bertz CT molecular complexity index is 1250. The van der Waals surface area contributed by atoms with E-state index in [0.717, 1.165) is 38.8 Å². The summed E-state index contributed by atoms with van der Waals surface area (Å²) in [5.41, 5.74) is 6.02. The van der Waals surface area contributed by atoms with E-state index in [2.05, 4.69) is 5.32 Å². The molecule has 0 aromatic heterocycles. The highest BCUT2D eigenvalue weighted by Crippen LogP contribution is 2.36. The molecule has 0 spiro atoms. The zero-order chi connectivity index (χ0) is 23.4. The minimum atomic E-state index is -0.295. The molecule has 4 rings (SSSR count). The number of nitrogens with one attached hydrogen (secondary N) is 1. The monoisotopic (exact) mass is 461 g/mol. The number of para-hydroxylation sites is 2. The summed E-state index contributed by atoms with van der Waals surface area (Å²) in [4.78, 5) is 22.3. The number of amides is 1. The molecule has 0 bridgehead atoms. The third-order valence-corrected chi connectivity index (χ3v) is 6.31. The van der Waals surface area contributed by atoms with Gasteiger partial charge in [0.05, 0.1) is 40.7 Å². The molecule has 0 radical (unpaired) electrons. The highest BCUT2D eigenvalue weighted by Gasteiger charge is 2.18. The van der Waals surface area contributed by atoms with Crippen LogP contribution in [0.1, 0.15) is 23.1 Å². The summed E-state index contributed by atoms with van der Waals surface area (Å²) in [6.07, 6.45) is 0.449. The molecule has 7 heteroatoms. The number of anilines is 1. The number of nitrogens with zero attached hydrogens (tertiary/aromatic N) is 2. The summed E-state index contributed by atoms with van der Waals surface area (Å²) >= 11 is 1.37. The van der Waals surface area contributed by atoms with E-state index < -0.39 is 0 Å². The Morgan fingerprint density at radius 2 is 1.70 bits per heavy atom. The van der Waals surface area contributed by atoms with Crippen molar-refractivity contribution in [2.45, 2.75) is 20.3 Å². The molecule has 1 aliphatic rings. The number of halogens is 1. The normalized spacial score (nSPS) is 12.8. The van der Waals surface area contributed by atoms with E-state index >= 15 is 0 Å². The van der Waals surface area contributed by atoms with Crippen LogP contribution in [0.4, 0.5) is 21.5 Å². The molecule has 0 aliphatic carbocycles. The van der Waals surface area contributed by atoms with Gasteiger partial charge in [-0.3, -0.25) is 9.79 Å². The number of fused-ring (bicyclic) bond motifs is 1.